The van der Waals surface area contributed by atoms with Gasteiger partial charge in [-0.2, -0.15) is 5.26 Å². The zero-order chi connectivity index (χ0) is 29.2. The molecule has 0 radical (unpaired) electrons. The summed E-state index contributed by atoms with van der Waals surface area (Å²) in [6, 6.07) is 13.8. The molecule has 1 saturated carbocycles. The lowest BCUT2D eigenvalue weighted by Crippen LogP contribution is -2.54. The number of carbonyl (C=O) groups is 1. The van der Waals surface area contributed by atoms with E-state index in [1.54, 1.807) is 12.1 Å². The number of nitrogens with zero attached hydrogens (tertiary/aromatic N) is 4. The number of piperidine rings is 1. The van der Waals surface area contributed by atoms with Gasteiger partial charge in [0.1, 0.15) is 17.7 Å². The number of rotatable bonds is 9. The van der Waals surface area contributed by atoms with Crippen molar-refractivity contribution in [3.8, 4) is 6.07 Å². The third-order valence-corrected chi connectivity index (χ3v) is 10.3. The van der Waals surface area contributed by atoms with Crippen LogP contribution in [-0.2, 0) is 0 Å². The standard InChI is InChI=1S/C33H41F2N5O2/c34-26-5-1-4-24(16-26)32(39-12-3-13-39)31(28-6-2-7-30(28)37-33(41)42)23-10-14-38(15-11-23)19-22-20-40(21-22)27-9-8-25(18-36)29(35)17-27/h1,4-5,8-9,16-17,22-23,28,30-32,37H,2-3,6-7,10-15,19-21H2,(H,41,42)/t28-,30-,31-,32+/m0/s1. The Labute approximate surface area is 247 Å². The molecule has 3 aliphatic heterocycles. The number of amides is 1. The number of carboxylic acid groups (broad SMARTS) is 1. The first kappa shape index (κ1) is 28.9. The van der Waals surface area contributed by atoms with Crippen LogP contribution in [0.4, 0.5) is 19.3 Å². The van der Waals surface area contributed by atoms with Gasteiger partial charge >= 0.3 is 6.09 Å². The fraction of sp³-hybridized carbons (Fsp3) is 0.576. The highest BCUT2D eigenvalue weighted by molar-refractivity contribution is 5.65. The van der Waals surface area contributed by atoms with E-state index in [0.29, 0.717) is 11.8 Å². The molecule has 9 heteroatoms. The molecule has 6 rings (SSSR count). The first-order valence-corrected chi connectivity index (χ1v) is 15.6. The number of benzene rings is 2. The third-order valence-electron chi connectivity index (χ3n) is 10.3. The average Bonchev–Trinajstić information content (AvgIpc) is 3.36. The van der Waals surface area contributed by atoms with Crippen LogP contribution in [0.2, 0.25) is 0 Å². The number of hydrogen-bond donors (Lipinski definition) is 2. The summed E-state index contributed by atoms with van der Waals surface area (Å²) in [5.74, 6) is 0.787. The SMILES string of the molecule is N#Cc1ccc(N2CC(CN3CCC([C@@H]([C@H]4CCC[C@@H]4NC(=O)O)[C@@H](c4cccc(F)c4)N4CCC4)CC3)C2)cc1F. The minimum absolute atomic E-state index is 0.0594. The van der Waals surface area contributed by atoms with Crippen LogP contribution < -0.4 is 10.2 Å². The molecule has 4 fully saturated rings. The number of nitriles is 1. The summed E-state index contributed by atoms with van der Waals surface area (Å²) in [5, 5.41) is 21.5. The Morgan fingerprint density at radius 3 is 2.45 bits per heavy atom. The van der Waals surface area contributed by atoms with Gasteiger partial charge in [0.2, 0.25) is 0 Å². The van der Waals surface area contributed by atoms with Crippen molar-refractivity contribution in [3.05, 3.63) is 65.2 Å². The first-order chi connectivity index (χ1) is 20.4. The van der Waals surface area contributed by atoms with Gasteiger partial charge in [0, 0.05) is 43.3 Å². The van der Waals surface area contributed by atoms with Crippen molar-refractivity contribution in [2.24, 2.45) is 23.7 Å². The fourth-order valence-electron chi connectivity index (χ4n) is 8.19. The monoisotopic (exact) mass is 577 g/mol. The van der Waals surface area contributed by atoms with Gasteiger partial charge in [-0.25, -0.2) is 13.6 Å². The van der Waals surface area contributed by atoms with E-state index in [2.05, 4.69) is 26.1 Å². The second-order valence-electron chi connectivity index (χ2n) is 12.8. The topological polar surface area (TPSA) is 82.8 Å². The van der Waals surface area contributed by atoms with Gasteiger partial charge in [-0.15, -0.1) is 0 Å². The third kappa shape index (κ3) is 6.11. The van der Waals surface area contributed by atoms with Crippen LogP contribution >= 0.6 is 0 Å². The summed E-state index contributed by atoms with van der Waals surface area (Å²) in [6.45, 7) is 6.79. The Morgan fingerprint density at radius 1 is 1.02 bits per heavy atom. The van der Waals surface area contributed by atoms with E-state index in [1.807, 2.05) is 18.2 Å². The van der Waals surface area contributed by atoms with Crippen LogP contribution in [0.3, 0.4) is 0 Å². The number of nitrogens with one attached hydrogen (secondary N) is 1. The number of halogens is 2. The van der Waals surface area contributed by atoms with Crippen molar-refractivity contribution in [2.45, 2.75) is 50.6 Å². The van der Waals surface area contributed by atoms with Crippen molar-refractivity contribution in [2.75, 3.05) is 50.7 Å². The second kappa shape index (κ2) is 12.6. The fourth-order valence-corrected chi connectivity index (χ4v) is 8.19. The molecule has 4 atom stereocenters. The van der Waals surface area contributed by atoms with E-state index in [9.17, 15) is 18.7 Å². The maximum atomic E-state index is 14.5. The van der Waals surface area contributed by atoms with Gasteiger partial charge < -0.3 is 20.2 Å². The van der Waals surface area contributed by atoms with E-state index < -0.39 is 11.9 Å². The molecule has 1 amide bonds. The quantitative estimate of drug-likeness (QED) is 0.411. The number of hydrogen-bond acceptors (Lipinski definition) is 5. The number of anilines is 1. The lowest BCUT2D eigenvalue weighted by molar-refractivity contribution is -0.000941. The largest absolute Gasteiger partial charge is 0.465 e. The van der Waals surface area contributed by atoms with E-state index >= 15 is 0 Å². The van der Waals surface area contributed by atoms with Crippen LogP contribution in [0.5, 0.6) is 0 Å². The predicted molar refractivity (Wildman–Crippen MR) is 157 cm³/mol. The predicted octanol–water partition coefficient (Wildman–Crippen LogP) is 5.48. The van der Waals surface area contributed by atoms with E-state index in [1.165, 1.54) is 12.1 Å². The molecule has 2 N–H and O–H groups in total. The van der Waals surface area contributed by atoms with Gasteiger partial charge in [0.25, 0.3) is 0 Å². The zero-order valence-corrected chi connectivity index (χ0v) is 24.1. The Bertz CT molecular complexity index is 1300. The summed E-state index contributed by atoms with van der Waals surface area (Å²) in [6.07, 6.45) is 5.18. The zero-order valence-electron chi connectivity index (χ0n) is 24.1. The van der Waals surface area contributed by atoms with Gasteiger partial charge in [-0.3, -0.25) is 4.90 Å². The lowest BCUT2D eigenvalue weighted by atomic mass is 9.68. The molecule has 0 bridgehead atoms. The van der Waals surface area contributed by atoms with Gasteiger partial charge in [0.15, 0.2) is 0 Å². The number of likely N-dealkylation sites (tertiary alicyclic amines) is 2. The molecule has 3 saturated heterocycles. The van der Waals surface area contributed by atoms with E-state index in [-0.39, 0.29) is 35.3 Å². The van der Waals surface area contributed by atoms with E-state index in [0.717, 1.165) is 95.6 Å². The Morgan fingerprint density at radius 2 is 1.81 bits per heavy atom. The molecule has 224 valence electrons. The van der Waals surface area contributed by atoms with Crippen LogP contribution in [0, 0.1) is 46.6 Å². The molecule has 7 nitrogen and oxygen atoms in total. The minimum atomic E-state index is -0.954. The molecular weight excluding hydrogens is 536 g/mol. The van der Waals surface area contributed by atoms with Crippen LogP contribution in [-0.4, -0.2) is 72.9 Å². The first-order valence-electron chi connectivity index (χ1n) is 15.6. The molecule has 1 aliphatic carbocycles. The van der Waals surface area contributed by atoms with Crippen molar-refractivity contribution in [1.29, 1.82) is 5.26 Å². The summed E-state index contributed by atoms with van der Waals surface area (Å²) >= 11 is 0. The molecule has 0 spiro atoms. The van der Waals surface area contributed by atoms with Crippen molar-refractivity contribution in [1.82, 2.24) is 15.1 Å². The Hall–Kier alpha value is -3.22. The summed E-state index contributed by atoms with van der Waals surface area (Å²) in [7, 11) is 0. The van der Waals surface area contributed by atoms with E-state index in [4.69, 9.17) is 5.26 Å². The van der Waals surface area contributed by atoms with Gasteiger partial charge in [-0.05, 0) is 112 Å². The van der Waals surface area contributed by atoms with Crippen molar-refractivity contribution >= 4 is 11.8 Å². The molecule has 4 aliphatic rings. The Kier molecular flexibility index (Phi) is 8.64. The lowest BCUT2D eigenvalue weighted by Gasteiger charge is -2.50. The van der Waals surface area contributed by atoms with Gasteiger partial charge in [0.05, 0.1) is 5.56 Å². The molecular formula is C33H41F2N5O2. The highest BCUT2D eigenvalue weighted by Crippen LogP contribution is 2.49. The smallest absolute Gasteiger partial charge is 0.404 e. The molecule has 2 aromatic rings. The van der Waals surface area contributed by atoms with Crippen LogP contribution in [0.25, 0.3) is 0 Å². The maximum absolute atomic E-state index is 14.5. The molecule has 3 heterocycles. The molecule has 0 unspecified atom stereocenters. The average molecular weight is 578 g/mol. The van der Waals surface area contributed by atoms with Crippen LogP contribution in [0.1, 0.15) is 55.7 Å². The van der Waals surface area contributed by atoms with Gasteiger partial charge in [-0.1, -0.05) is 18.6 Å². The van der Waals surface area contributed by atoms with Crippen LogP contribution in [0.15, 0.2) is 42.5 Å². The summed E-state index contributed by atoms with van der Waals surface area (Å²) in [4.78, 5) is 18.9. The summed E-state index contributed by atoms with van der Waals surface area (Å²) in [5.41, 5.74) is 1.94. The highest BCUT2D eigenvalue weighted by atomic mass is 19.1. The minimum Gasteiger partial charge on any atom is -0.465 e. The maximum Gasteiger partial charge on any atom is 0.404 e. The van der Waals surface area contributed by atoms with Crippen molar-refractivity contribution < 1.29 is 18.7 Å². The molecule has 42 heavy (non-hydrogen) atoms. The van der Waals surface area contributed by atoms with Crippen molar-refractivity contribution in [3.63, 3.8) is 0 Å². The Balaban J connectivity index is 1.13. The molecule has 2 aromatic carbocycles. The second-order valence-corrected chi connectivity index (χ2v) is 12.8. The molecule has 0 aromatic heterocycles. The normalized spacial score (nSPS) is 25.3. The highest BCUT2D eigenvalue weighted by Gasteiger charge is 2.46. The summed E-state index contributed by atoms with van der Waals surface area (Å²) < 4.78 is 28.6.